The van der Waals surface area contributed by atoms with Gasteiger partial charge in [0.1, 0.15) is 11.5 Å². The summed E-state index contributed by atoms with van der Waals surface area (Å²) in [5, 5.41) is 0.185. The molecule has 1 saturated heterocycles. The number of sulfonamides is 2. The van der Waals surface area contributed by atoms with E-state index in [9.17, 15) is 21.6 Å². The first kappa shape index (κ1) is 28.7. The van der Waals surface area contributed by atoms with Gasteiger partial charge in [-0.2, -0.15) is 4.31 Å². The van der Waals surface area contributed by atoms with Crippen LogP contribution in [0.1, 0.15) is 15.9 Å². The molecule has 3 aromatic carbocycles. The predicted octanol–water partition coefficient (Wildman–Crippen LogP) is 3.61. The van der Waals surface area contributed by atoms with E-state index in [2.05, 4.69) is 4.72 Å². The van der Waals surface area contributed by atoms with Crippen molar-refractivity contribution < 1.29 is 31.1 Å². The number of nitrogens with zero attached hydrogens (tertiary/aromatic N) is 2. The molecule has 0 radical (unpaired) electrons. The Kier molecular flexibility index (Phi) is 8.40. The maximum atomic E-state index is 13.4. The van der Waals surface area contributed by atoms with Gasteiger partial charge in [-0.25, -0.2) is 16.8 Å². The maximum absolute atomic E-state index is 13.4. The van der Waals surface area contributed by atoms with E-state index >= 15 is 0 Å². The number of piperazine rings is 1. The van der Waals surface area contributed by atoms with Crippen LogP contribution in [0.3, 0.4) is 0 Å². The Morgan fingerprint density at radius 3 is 2.13 bits per heavy atom. The molecular weight excluding hydrogens is 566 g/mol. The van der Waals surface area contributed by atoms with Crippen LogP contribution in [-0.4, -0.2) is 72.3 Å². The Balaban J connectivity index is 1.53. The molecule has 0 atom stereocenters. The molecule has 1 amide bonds. The second-order valence-corrected chi connectivity index (χ2v) is 12.8. The van der Waals surface area contributed by atoms with Gasteiger partial charge in [0, 0.05) is 37.8 Å². The topological polar surface area (TPSA) is 122 Å². The molecule has 0 aromatic heterocycles. The molecule has 0 aliphatic carbocycles. The number of rotatable bonds is 8. The smallest absolute Gasteiger partial charge is 0.262 e. The molecule has 1 aliphatic heterocycles. The van der Waals surface area contributed by atoms with E-state index in [1.807, 2.05) is 0 Å². The van der Waals surface area contributed by atoms with Crippen LogP contribution in [0.2, 0.25) is 5.02 Å². The number of amides is 1. The first-order valence-electron chi connectivity index (χ1n) is 11.9. The van der Waals surface area contributed by atoms with Gasteiger partial charge in [-0.15, -0.1) is 0 Å². The van der Waals surface area contributed by atoms with Crippen molar-refractivity contribution in [2.24, 2.45) is 0 Å². The van der Waals surface area contributed by atoms with Gasteiger partial charge in [-0.05, 0) is 42.8 Å². The van der Waals surface area contributed by atoms with Gasteiger partial charge < -0.3 is 14.4 Å². The quantitative estimate of drug-likeness (QED) is 0.423. The van der Waals surface area contributed by atoms with Gasteiger partial charge in [-0.1, -0.05) is 35.9 Å². The van der Waals surface area contributed by atoms with E-state index in [1.165, 1.54) is 53.8 Å². The van der Waals surface area contributed by atoms with E-state index in [1.54, 1.807) is 37.3 Å². The molecule has 3 aromatic rings. The Hall–Kier alpha value is -3.32. The Morgan fingerprint density at radius 1 is 0.872 bits per heavy atom. The standard InChI is InChI=1S/C26H28ClN3O7S2/c1-18-9-10-19(15-25(18)38(32,33)28-22-16-21(27)23(36-2)17-24(22)37-3)26(31)29-11-13-30(14-12-29)39(34,35)20-7-5-4-6-8-20/h4-10,15-17,28H,11-14H2,1-3H3. The van der Waals surface area contributed by atoms with Gasteiger partial charge in [0.2, 0.25) is 10.0 Å². The molecule has 0 bridgehead atoms. The maximum Gasteiger partial charge on any atom is 0.262 e. The molecule has 0 saturated carbocycles. The number of halogens is 1. The van der Waals surface area contributed by atoms with Gasteiger partial charge >= 0.3 is 0 Å². The largest absolute Gasteiger partial charge is 0.495 e. The highest BCUT2D eigenvalue weighted by Crippen LogP contribution is 2.37. The highest BCUT2D eigenvalue weighted by atomic mass is 35.5. The minimum absolute atomic E-state index is 0.0902. The number of ether oxygens (including phenoxy) is 2. The van der Waals surface area contributed by atoms with Gasteiger partial charge in [-0.3, -0.25) is 9.52 Å². The summed E-state index contributed by atoms with van der Waals surface area (Å²) in [6, 6.07) is 15.4. The number of anilines is 1. The second-order valence-electron chi connectivity index (χ2n) is 8.78. The van der Waals surface area contributed by atoms with Crippen LogP contribution in [0.15, 0.2) is 70.5 Å². The van der Waals surface area contributed by atoms with Crippen molar-refractivity contribution in [1.29, 1.82) is 0 Å². The zero-order valence-electron chi connectivity index (χ0n) is 21.5. The van der Waals surface area contributed by atoms with Crippen molar-refractivity contribution in [3.8, 4) is 11.5 Å². The van der Waals surface area contributed by atoms with E-state index in [0.717, 1.165) is 0 Å². The third kappa shape index (κ3) is 5.98. The number of carbonyl (C=O) groups excluding carboxylic acids is 1. The number of benzene rings is 3. The summed E-state index contributed by atoms with van der Waals surface area (Å²) in [4.78, 5) is 14.9. The molecule has 0 spiro atoms. The molecule has 0 unspecified atom stereocenters. The minimum Gasteiger partial charge on any atom is -0.495 e. The van der Waals surface area contributed by atoms with Crippen LogP contribution in [-0.2, 0) is 20.0 Å². The first-order valence-corrected chi connectivity index (χ1v) is 15.2. The van der Waals surface area contributed by atoms with E-state index in [0.29, 0.717) is 11.3 Å². The minimum atomic E-state index is -4.15. The molecule has 4 rings (SSSR count). The molecule has 13 heteroatoms. The summed E-state index contributed by atoms with van der Waals surface area (Å²) in [5.41, 5.74) is 0.701. The van der Waals surface area contributed by atoms with Gasteiger partial charge in [0.25, 0.3) is 15.9 Å². The molecule has 1 N–H and O–H groups in total. The number of nitrogens with one attached hydrogen (secondary N) is 1. The molecule has 10 nitrogen and oxygen atoms in total. The Labute approximate surface area is 233 Å². The molecule has 1 fully saturated rings. The lowest BCUT2D eigenvalue weighted by molar-refractivity contribution is 0.0697. The van der Waals surface area contributed by atoms with Crippen LogP contribution in [0.5, 0.6) is 11.5 Å². The number of hydrogen-bond acceptors (Lipinski definition) is 7. The normalized spacial score (nSPS) is 14.6. The lowest BCUT2D eigenvalue weighted by atomic mass is 10.1. The van der Waals surface area contributed by atoms with E-state index < -0.39 is 26.0 Å². The molecule has 208 valence electrons. The summed E-state index contributed by atoms with van der Waals surface area (Å²) in [6.07, 6.45) is 0. The van der Waals surface area contributed by atoms with Crippen LogP contribution in [0.25, 0.3) is 0 Å². The van der Waals surface area contributed by atoms with E-state index in [4.69, 9.17) is 21.1 Å². The van der Waals surface area contributed by atoms with Crippen LogP contribution in [0, 0.1) is 6.92 Å². The van der Waals surface area contributed by atoms with Crippen molar-refractivity contribution >= 4 is 43.2 Å². The average molecular weight is 594 g/mol. The first-order chi connectivity index (χ1) is 18.5. The number of carbonyl (C=O) groups is 1. The van der Waals surface area contributed by atoms with Crippen molar-refractivity contribution in [1.82, 2.24) is 9.21 Å². The molecule has 1 aliphatic rings. The lowest BCUT2D eigenvalue weighted by Crippen LogP contribution is -2.50. The summed E-state index contributed by atoms with van der Waals surface area (Å²) >= 11 is 6.18. The Bertz CT molecular complexity index is 1590. The molecule has 1 heterocycles. The number of aryl methyl sites for hydroxylation is 1. The lowest BCUT2D eigenvalue weighted by Gasteiger charge is -2.34. The SMILES string of the molecule is COc1cc(OC)c(NS(=O)(=O)c2cc(C(=O)N3CCN(S(=O)(=O)c4ccccc4)CC3)ccc2C)cc1Cl. The second kappa shape index (κ2) is 11.4. The summed E-state index contributed by atoms with van der Waals surface area (Å²) in [5.74, 6) is 0.123. The summed E-state index contributed by atoms with van der Waals surface area (Å²) in [6.45, 7) is 2.20. The Morgan fingerprint density at radius 2 is 1.51 bits per heavy atom. The monoisotopic (exact) mass is 593 g/mol. The van der Waals surface area contributed by atoms with Crippen LogP contribution < -0.4 is 14.2 Å². The zero-order valence-corrected chi connectivity index (χ0v) is 23.9. The van der Waals surface area contributed by atoms with E-state index in [-0.39, 0.29) is 58.0 Å². The summed E-state index contributed by atoms with van der Waals surface area (Å²) < 4.78 is 66.8. The molecular formula is C26H28ClN3O7S2. The predicted molar refractivity (Wildman–Crippen MR) is 148 cm³/mol. The highest BCUT2D eigenvalue weighted by molar-refractivity contribution is 7.92. The molecule has 39 heavy (non-hydrogen) atoms. The average Bonchev–Trinajstić information content (AvgIpc) is 2.93. The van der Waals surface area contributed by atoms with Crippen molar-refractivity contribution in [3.05, 3.63) is 76.8 Å². The van der Waals surface area contributed by atoms with Crippen molar-refractivity contribution in [2.45, 2.75) is 16.7 Å². The van der Waals surface area contributed by atoms with Crippen LogP contribution >= 0.6 is 11.6 Å². The van der Waals surface area contributed by atoms with Crippen molar-refractivity contribution in [2.75, 3.05) is 45.1 Å². The number of methoxy groups -OCH3 is 2. The fraction of sp³-hybridized carbons (Fsp3) is 0.269. The number of hydrogen-bond donors (Lipinski definition) is 1. The fourth-order valence-electron chi connectivity index (χ4n) is 4.22. The van der Waals surface area contributed by atoms with Crippen LogP contribution in [0.4, 0.5) is 5.69 Å². The van der Waals surface area contributed by atoms with Crippen molar-refractivity contribution in [3.63, 3.8) is 0 Å². The third-order valence-corrected chi connectivity index (χ3v) is 10.1. The fourth-order valence-corrected chi connectivity index (χ4v) is 7.23. The highest BCUT2D eigenvalue weighted by Gasteiger charge is 2.31. The summed E-state index contributed by atoms with van der Waals surface area (Å²) in [7, 11) is -5.00. The van der Waals surface area contributed by atoms with Gasteiger partial charge in [0.05, 0.1) is 34.7 Å². The third-order valence-electron chi connectivity index (χ3n) is 6.35. The van der Waals surface area contributed by atoms with Gasteiger partial charge in [0.15, 0.2) is 0 Å². The zero-order chi connectivity index (χ0) is 28.4.